The molecule has 1 N–H and O–H groups in total. The lowest BCUT2D eigenvalue weighted by atomic mass is 9.95. The SMILES string of the molecule is COc1ccc2[nH]c3c(c2c1)CCN(C(=O)C1CC1)[C@H]3c1ccc(-c2ccccc2C(F)(F)F)o1. The van der Waals surface area contributed by atoms with Crippen molar-refractivity contribution < 1.29 is 27.1 Å². The summed E-state index contributed by atoms with van der Waals surface area (Å²) in [7, 11) is 1.61. The van der Waals surface area contributed by atoms with Crippen molar-refractivity contribution in [3.63, 3.8) is 0 Å². The highest BCUT2D eigenvalue weighted by Crippen LogP contribution is 2.44. The van der Waals surface area contributed by atoms with Crippen LogP contribution in [-0.4, -0.2) is 29.4 Å². The second kappa shape index (κ2) is 7.93. The number of alkyl halides is 3. The predicted molar refractivity (Wildman–Crippen MR) is 124 cm³/mol. The Hall–Kier alpha value is -3.68. The maximum Gasteiger partial charge on any atom is 0.417 e. The van der Waals surface area contributed by atoms with Crippen LogP contribution in [0.3, 0.4) is 0 Å². The maximum absolute atomic E-state index is 13.6. The average Bonchev–Trinajstić information content (AvgIpc) is 3.48. The van der Waals surface area contributed by atoms with Crippen LogP contribution >= 0.6 is 0 Å². The first kappa shape index (κ1) is 21.8. The van der Waals surface area contributed by atoms with Gasteiger partial charge in [-0.05, 0) is 61.2 Å². The number of carbonyl (C=O) groups is 1. The van der Waals surface area contributed by atoms with E-state index < -0.39 is 17.8 Å². The third-order valence-corrected chi connectivity index (χ3v) is 6.94. The molecule has 0 radical (unpaired) electrons. The molecule has 35 heavy (non-hydrogen) atoms. The molecule has 2 aromatic heterocycles. The van der Waals surface area contributed by atoms with Crippen LogP contribution in [0, 0.1) is 5.92 Å². The molecule has 8 heteroatoms. The summed E-state index contributed by atoms with van der Waals surface area (Å²) < 4.78 is 52.4. The number of rotatable bonds is 4. The van der Waals surface area contributed by atoms with E-state index >= 15 is 0 Å². The van der Waals surface area contributed by atoms with E-state index in [4.69, 9.17) is 9.15 Å². The van der Waals surface area contributed by atoms with Crippen LogP contribution in [0.1, 0.15) is 41.5 Å². The molecule has 1 saturated carbocycles. The average molecular weight is 480 g/mol. The Labute approximate surface area is 199 Å². The number of aromatic amines is 1. The maximum atomic E-state index is 13.6. The number of aromatic nitrogens is 1. The van der Waals surface area contributed by atoms with Gasteiger partial charge >= 0.3 is 6.18 Å². The molecule has 0 spiro atoms. The number of ether oxygens (including phenoxy) is 1. The van der Waals surface area contributed by atoms with Crippen LogP contribution in [0.25, 0.3) is 22.2 Å². The van der Waals surface area contributed by atoms with Gasteiger partial charge < -0.3 is 19.0 Å². The van der Waals surface area contributed by atoms with Gasteiger partial charge in [-0.1, -0.05) is 18.2 Å². The van der Waals surface area contributed by atoms with E-state index in [1.54, 1.807) is 25.3 Å². The highest BCUT2D eigenvalue weighted by Gasteiger charge is 2.42. The monoisotopic (exact) mass is 480 g/mol. The van der Waals surface area contributed by atoms with Gasteiger partial charge in [0.05, 0.1) is 18.4 Å². The summed E-state index contributed by atoms with van der Waals surface area (Å²) in [6.45, 7) is 0.506. The lowest BCUT2D eigenvalue weighted by molar-refractivity contribution is -0.137. The fraction of sp³-hybridized carbons (Fsp3) is 0.296. The van der Waals surface area contributed by atoms with E-state index in [1.807, 2.05) is 23.1 Å². The van der Waals surface area contributed by atoms with Crippen molar-refractivity contribution in [2.45, 2.75) is 31.5 Å². The largest absolute Gasteiger partial charge is 0.497 e. The summed E-state index contributed by atoms with van der Waals surface area (Å²) in [5, 5.41) is 1.01. The van der Waals surface area contributed by atoms with E-state index in [0.29, 0.717) is 18.7 Å². The van der Waals surface area contributed by atoms with E-state index in [-0.39, 0.29) is 23.1 Å². The third-order valence-electron chi connectivity index (χ3n) is 6.94. The van der Waals surface area contributed by atoms with E-state index in [1.165, 1.54) is 12.1 Å². The zero-order valence-electron chi connectivity index (χ0n) is 19.0. The van der Waals surface area contributed by atoms with Crippen LogP contribution < -0.4 is 4.74 Å². The first-order valence-electron chi connectivity index (χ1n) is 11.6. The summed E-state index contributed by atoms with van der Waals surface area (Å²) >= 11 is 0. The van der Waals surface area contributed by atoms with Gasteiger partial charge in [-0.25, -0.2) is 0 Å². The number of hydrogen-bond donors (Lipinski definition) is 1. The Morgan fingerprint density at radius 2 is 1.91 bits per heavy atom. The first-order valence-corrected chi connectivity index (χ1v) is 11.6. The molecule has 1 amide bonds. The van der Waals surface area contributed by atoms with Crippen molar-refractivity contribution >= 4 is 16.8 Å². The van der Waals surface area contributed by atoms with Crippen LogP contribution in [0.2, 0.25) is 0 Å². The zero-order chi connectivity index (χ0) is 24.3. The molecule has 0 saturated heterocycles. The van der Waals surface area contributed by atoms with Crippen LogP contribution in [0.15, 0.2) is 59.0 Å². The fourth-order valence-electron chi connectivity index (χ4n) is 5.08. The number of hydrogen-bond acceptors (Lipinski definition) is 3. The molecule has 0 bridgehead atoms. The molecule has 1 aliphatic carbocycles. The molecular formula is C27H23F3N2O3. The van der Waals surface area contributed by atoms with Crippen molar-refractivity contribution in [2.75, 3.05) is 13.7 Å². The number of halogens is 3. The van der Waals surface area contributed by atoms with E-state index in [9.17, 15) is 18.0 Å². The Morgan fingerprint density at radius 3 is 2.66 bits per heavy atom. The third kappa shape index (κ3) is 3.68. The molecular weight excluding hydrogens is 457 g/mol. The lowest BCUT2D eigenvalue weighted by Crippen LogP contribution is -2.41. The molecule has 0 unspecified atom stereocenters. The molecule has 2 aromatic carbocycles. The minimum Gasteiger partial charge on any atom is -0.497 e. The van der Waals surface area contributed by atoms with Gasteiger partial charge in [-0.3, -0.25) is 4.79 Å². The van der Waals surface area contributed by atoms with E-state index in [0.717, 1.165) is 46.8 Å². The van der Waals surface area contributed by atoms with Crippen LogP contribution in [0.5, 0.6) is 5.75 Å². The number of H-pyrrole nitrogens is 1. The minimum atomic E-state index is -4.51. The quantitative estimate of drug-likeness (QED) is 0.371. The number of amides is 1. The smallest absolute Gasteiger partial charge is 0.417 e. The highest BCUT2D eigenvalue weighted by molar-refractivity contribution is 5.88. The summed E-state index contributed by atoms with van der Waals surface area (Å²) in [5.41, 5.74) is 2.03. The number of fused-ring (bicyclic) bond motifs is 3. The molecule has 1 fully saturated rings. The van der Waals surface area contributed by atoms with Gasteiger partial charge in [0.2, 0.25) is 5.91 Å². The molecule has 6 rings (SSSR count). The number of nitrogens with zero attached hydrogens (tertiary/aromatic N) is 1. The van der Waals surface area contributed by atoms with Crippen molar-refractivity contribution in [3.8, 4) is 17.1 Å². The Morgan fingerprint density at radius 1 is 1.11 bits per heavy atom. The molecule has 3 heterocycles. The second-order valence-electron chi connectivity index (χ2n) is 9.13. The first-order chi connectivity index (χ1) is 16.8. The second-order valence-corrected chi connectivity index (χ2v) is 9.13. The number of methoxy groups -OCH3 is 1. The topological polar surface area (TPSA) is 58.5 Å². The summed E-state index contributed by atoms with van der Waals surface area (Å²) in [6.07, 6.45) is -2.12. The normalized spacial score (nSPS) is 18.1. The molecule has 180 valence electrons. The highest BCUT2D eigenvalue weighted by atomic mass is 19.4. The number of carbonyl (C=O) groups excluding carboxylic acids is 1. The number of nitrogens with one attached hydrogen (secondary N) is 1. The Balaban J connectivity index is 1.48. The standard InChI is InChI=1S/C27H23F3N2O3/c1-34-16-8-9-21-19(14-16)17-12-13-32(26(33)15-6-7-15)25(24(17)31-21)23-11-10-22(35-23)18-4-2-3-5-20(18)27(28,29)30/h2-5,8-11,14-15,25,31H,6-7,12-13H2,1H3/t25-/m0/s1. The van der Waals surface area contributed by atoms with Crippen LogP contribution in [0.4, 0.5) is 13.2 Å². The Bertz CT molecular complexity index is 1430. The fourth-order valence-corrected chi connectivity index (χ4v) is 5.08. The molecule has 5 nitrogen and oxygen atoms in total. The van der Waals surface area contributed by atoms with Crippen LogP contribution in [-0.2, 0) is 17.4 Å². The number of furan rings is 1. The van der Waals surface area contributed by atoms with Gasteiger partial charge in [0.1, 0.15) is 23.3 Å². The number of benzene rings is 2. The van der Waals surface area contributed by atoms with Gasteiger partial charge in [0.25, 0.3) is 0 Å². The van der Waals surface area contributed by atoms with Crippen molar-refractivity contribution in [2.24, 2.45) is 5.92 Å². The van der Waals surface area contributed by atoms with Crippen molar-refractivity contribution in [3.05, 3.63) is 77.2 Å². The predicted octanol–water partition coefficient (Wildman–Crippen LogP) is 6.34. The summed E-state index contributed by atoms with van der Waals surface area (Å²) in [5.74, 6) is 1.35. The molecule has 1 atom stereocenters. The van der Waals surface area contributed by atoms with Crippen molar-refractivity contribution in [1.29, 1.82) is 0 Å². The lowest BCUT2D eigenvalue weighted by Gasteiger charge is -2.35. The van der Waals surface area contributed by atoms with Crippen molar-refractivity contribution in [1.82, 2.24) is 9.88 Å². The van der Waals surface area contributed by atoms with Gasteiger partial charge in [0, 0.05) is 28.9 Å². The molecule has 2 aliphatic rings. The van der Waals surface area contributed by atoms with Gasteiger partial charge in [-0.2, -0.15) is 13.2 Å². The molecule has 1 aliphatic heterocycles. The molecule has 4 aromatic rings. The summed E-state index contributed by atoms with van der Waals surface area (Å²) in [6, 6.07) is 13.8. The van der Waals surface area contributed by atoms with Gasteiger partial charge in [-0.15, -0.1) is 0 Å². The van der Waals surface area contributed by atoms with E-state index in [2.05, 4.69) is 4.98 Å². The Kier molecular flexibility index (Phi) is 4.95. The van der Waals surface area contributed by atoms with Gasteiger partial charge in [0.15, 0.2) is 0 Å². The minimum absolute atomic E-state index is 0.00362. The zero-order valence-corrected chi connectivity index (χ0v) is 19.0. The summed E-state index contributed by atoms with van der Waals surface area (Å²) in [4.78, 5) is 18.5.